The number of carbonyl (C=O) groups is 2. The second-order valence-corrected chi connectivity index (χ2v) is 7.75. The number of fused-ring (bicyclic) bond motifs is 1. The van der Waals surface area contributed by atoms with E-state index in [0.29, 0.717) is 5.69 Å². The summed E-state index contributed by atoms with van der Waals surface area (Å²) < 4.78 is 6.92. The van der Waals surface area contributed by atoms with Crippen LogP contribution in [-0.4, -0.2) is 27.1 Å². The number of hydrogen-bond donors (Lipinski definition) is 0. The van der Waals surface area contributed by atoms with Crippen LogP contribution in [0.4, 0.5) is 0 Å². The fraction of sp³-hybridized carbons (Fsp3) is 0.318. The van der Waals surface area contributed by atoms with Gasteiger partial charge in [-0.2, -0.15) is 5.10 Å². The molecule has 1 aromatic heterocycles. The van der Waals surface area contributed by atoms with Crippen LogP contribution in [0.5, 0.6) is 0 Å². The number of esters is 1. The molecule has 1 heterocycles. The predicted molar refractivity (Wildman–Crippen MR) is 106 cm³/mol. The van der Waals surface area contributed by atoms with Crippen LogP contribution < -0.4 is 0 Å². The first-order valence-electron chi connectivity index (χ1n) is 8.94. The molecule has 0 radical (unpaired) electrons. The molecular weight excluding hydrogens is 340 g/mol. The van der Waals surface area contributed by atoms with Crippen LogP contribution in [-0.2, 0) is 16.1 Å². The Morgan fingerprint density at radius 1 is 1.04 bits per heavy atom. The highest BCUT2D eigenvalue weighted by Crippen LogP contribution is 2.27. The Bertz CT molecular complexity index is 1010. The highest BCUT2D eigenvalue weighted by Gasteiger charge is 2.20. The second kappa shape index (κ2) is 6.99. The Labute approximate surface area is 158 Å². The van der Waals surface area contributed by atoms with E-state index in [1.807, 2.05) is 45.9 Å². The van der Waals surface area contributed by atoms with Crippen molar-refractivity contribution in [3.05, 3.63) is 53.7 Å². The molecule has 0 unspecified atom stereocenters. The lowest BCUT2D eigenvalue weighted by atomic mass is 10.0. The van der Waals surface area contributed by atoms with Crippen molar-refractivity contribution in [2.45, 2.75) is 46.8 Å². The maximum Gasteiger partial charge on any atom is 0.328 e. The van der Waals surface area contributed by atoms with E-state index in [1.165, 1.54) is 12.5 Å². The van der Waals surface area contributed by atoms with Crippen molar-refractivity contribution in [1.29, 1.82) is 0 Å². The smallest absolute Gasteiger partial charge is 0.328 e. The summed E-state index contributed by atoms with van der Waals surface area (Å²) in [6.45, 7) is 8.95. The van der Waals surface area contributed by atoms with Gasteiger partial charge in [0, 0.05) is 12.3 Å². The lowest BCUT2D eigenvalue weighted by Crippen LogP contribution is -2.26. The van der Waals surface area contributed by atoms with Gasteiger partial charge in [0.1, 0.15) is 17.8 Å². The molecule has 0 aliphatic heterocycles. The van der Waals surface area contributed by atoms with Crippen LogP contribution >= 0.6 is 0 Å². The summed E-state index contributed by atoms with van der Waals surface area (Å²) in [6, 6.07) is 14.0. The van der Waals surface area contributed by atoms with Crippen LogP contribution in [0.15, 0.2) is 42.5 Å². The minimum atomic E-state index is -0.567. The number of Topliss-reactive ketones (excluding diaryl/α,β-unsaturated/α-hetero) is 1. The molecule has 0 bridgehead atoms. The van der Waals surface area contributed by atoms with Crippen molar-refractivity contribution in [2.75, 3.05) is 0 Å². The number of ether oxygens (including phenoxy) is 1. The lowest BCUT2D eigenvalue weighted by Gasteiger charge is -2.19. The minimum Gasteiger partial charge on any atom is -0.459 e. The Kier molecular flexibility index (Phi) is 4.87. The average molecular weight is 364 g/mol. The van der Waals surface area contributed by atoms with Crippen LogP contribution in [0.25, 0.3) is 22.0 Å². The summed E-state index contributed by atoms with van der Waals surface area (Å²) in [7, 11) is 0. The van der Waals surface area contributed by atoms with Gasteiger partial charge in [-0.05, 0) is 51.0 Å². The summed E-state index contributed by atoms with van der Waals surface area (Å²) in [6.07, 6.45) is 0. The molecule has 0 amide bonds. The molecule has 0 spiro atoms. The minimum absolute atomic E-state index is 0.0368. The molecule has 0 saturated carbocycles. The number of aryl methyl sites for hydroxylation is 1. The molecule has 0 aliphatic rings. The van der Waals surface area contributed by atoms with Gasteiger partial charge in [-0.1, -0.05) is 35.9 Å². The second-order valence-electron chi connectivity index (χ2n) is 7.75. The van der Waals surface area contributed by atoms with Gasteiger partial charge in [0.15, 0.2) is 5.78 Å². The monoisotopic (exact) mass is 364 g/mol. The van der Waals surface area contributed by atoms with E-state index in [2.05, 4.69) is 29.4 Å². The molecule has 3 aromatic rings. The first-order chi connectivity index (χ1) is 12.6. The summed E-state index contributed by atoms with van der Waals surface area (Å²) >= 11 is 0. The third-order valence-electron chi connectivity index (χ3n) is 4.17. The number of benzene rings is 2. The van der Waals surface area contributed by atoms with Crippen molar-refractivity contribution >= 4 is 22.7 Å². The Morgan fingerprint density at radius 2 is 1.67 bits per heavy atom. The van der Waals surface area contributed by atoms with Crippen molar-refractivity contribution in [1.82, 2.24) is 9.78 Å². The van der Waals surface area contributed by atoms with Gasteiger partial charge in [0.05, 0.1) is 5.52 Å². The zero-order valence-corrected chi connectivity index (χ0v) is 16.4. The molecule has 0 atom stereocenters. The number of nitrogens with zero attached hydrogens (tertiary/aromatic N) is 2. The van der Waals surface area contributed by atoms with E-state index in [9.17, 15) is 9.59 Å². The van der Waals surface area contributed by atoms with Gasteiger partial charge in [-0.15, -0.1) is 0 Å². The standard InChI is InChI=1S/C22H24N2O3/c1-14-6-8-16(9-7-14)17-10-11-19-18(12-17)21(15(2)25)23-24(19)13-20(26)27-22(3,4)5/h6-12H,13H2,1-5H3. The molecule has 27 heavy (non-hydrogen) atoms. The van der Waals surface area contributed by atoms with Crippen molar-refractivity contribution in [2.24, 2.45) is 0 Å². The Balaban J connectivity index is 2.03. The molecule has 5 heteroatoms. The third-order valence-corrected chi connectivity index (χ3v) is 4.17. The number of rotatable bonds is 4. The van der Waals surface area contributed by atoms with Gasteiger partial charge < -0.3 is 4.74 Å². The van der Waals surface area contributed by atoms with E-state index in [0.717, 1.165) is 22.0 Å². The van der Waals surface area contributed by atoms with Gasteiger partial charge >= 0.3 is 5.97 Å². The summed E-state index contributed by atoms with van der Waals surface area (Å²) in [5.74, 6) is -0.520. The Hall–Kier alpha value is -2.95. The van der Waals surface area contributed by atoms with Gasteiger partial charge in [0.25, 0.3) is 0 Å². The number of hydrogen-bond acceptors (Lipinski definition) is 4. The molecule has 0 saturated heterocycles. The van der Waals surface area contributed by atoms with Crippen LogP contribution in [0.3, 0.4) is 0 Å². The lowest BCUT2D eigenvalue weighted by molar-refractivity contribution is -0.155. The first kappa shape index (κ1) is 18.8. The van der Waals surface area contributed by atoms with E-state index < -0.39 is 5.60 Å². The summed E-state index contributed by atoms with van der Waals surface area (Å²) in [5.41, 5.74) is 3.79. The zero-order valence-electron chi connectivity index (χ0n) is 16.4. The number of carbonyl (C=O) groups excluding carboxylic acids is 2. The zero-order chi connectivity index (χ0) is 19.8. The molecule has 0 aliphatic carbocycles. The third kappa shape index (κ3) is 4.25. The molecule has 0 N–H and O–H groups in total. The normalized spacial score (nSPS) is 11.6. The number of ketones is 1. The molecule has 5 nitrogen and oxygen atoms in total. The van der Waals surface area contributed by atoms with E-state index in [1.54, 1.807) is 4.68 Å². The van der Waals surface area contributed by atoms with Gasteiger partial charge in [0.2, 0.25) is 0 Å². The fourth-order valence-corrected chi connectivity index (χ4v) is 2.98. The van der Waals surface area contributed by atoms with Gasteiger partial charge in [-0.25, -0.2) is 0 Å². The quantitative estimate of drug-likeness (QED) is 0.503. The van der Waals surface area contributed by atoms with Crippen molar-refractivity contribution < 1.29 is 14.3 Å². The Morgan fingerprint density at radius 3 is 2.26 bits per heavy atom. The summed E-state index contributed by atoms with van der Waals surface area (Å²) in [5, 5.41) is 5.11. The number of aromatic nitrogens is 2. The van der Waals surface area contributed by atoms with Crippen LogP contribution in [0.2, 0.25) is 0 Å². The maximum atomic E-state index is 12.2. The molecule has 3 rings (SSSR count). The fourth-order valence-electron chi connectivity index (χ4n) is 2.98. The van der Waals surface area contributed by atoms with Crippen molar-refractivity contribution in [3.63, 3.8) is 0 Å². The largest absolute Gasteiger partial charge is 0.459 e. The molecule has 2 aromatic carbocycles. The molecular formula is C22H24N2O3. The van der Waals surface area contributed by atoms with E-state index >= 15 is 0 Å². The summed E-state index contributed by atoms with van der Waals surface area (Å²) in [4.78, 5) is 24.3. The molecule has 140 valence electrons. The topological polar surface area (TPSA) is 61.2 Å². The predicted octanol–water partition coefficient (Wildman–Crippen LogP) is 4.56. The molecule has 0 fully saturated rings. The van der Waals surface area contributed by atoms with E-state index in [-0.39, 0.29) is 18.3 Å². The van der Waals surface area contributed by atoms with Crippen molar-refractivity contribution in [3.8, 4) is 11.1 Å². The SMILES string of the molecule is CC(=O)c1nn(CC(=O)OC(C)(C)C)c2ccc(-c3ccc(C)cc3)cc12. The van der Waals surface area contributed by atoms with Crippen LogP contribution in [0.1, 0.15) is 43.7 Å². The highest BCUT2D eigenvalue weighted by atomic mass is 16.6. The van der Waals surface area contributed by atoms with E-state index in [4.69, 9.17) is 4.74 Å². The highest BCUT2D eigenvalue weighted by molar-refractivity contribution is 6.06. The maximum absolute atomic E-state index is 12.2. The average Bonchev–Trinajstić information content (AvgIpc) is 2.92. The van der Waals surface area contributed by atoms with Crippen LogP contribution in [0, 0.1) is 6.92 Å². The first-order valence-corrected chi connectivity index (χ1v) is 8.94. The van der Waals surface area contributed by atoms with Gasteiger partial charge in [-0.3, -0.25) is 14.3 Å².